The molecule has 0 spiro atoms. The Hall–Kier alpha value is -2.03. The molecule has 84 valence electrons. The van der Waals surface area contributed by atoms with Gasteiger partial charge in [0.1, 0.15) is 0 Å². The third-order valence-corrected chi connectivity index (χ3v) is 3.74. The summed E-state index contributed by atoms with van der Waals surface area (Å²) in [5.74, 6) is 0.441. The van der Waals surface area contributed by atoms with Crippen LogP contribution in [0.15, 0.2) is 42.7 Å². The first kappa shape index (κ1) is 9.05. The molecule has 3 heterocycles. The number of hydrogen-bond donors (Lipinski definition) is 2. The zero-order chi connectivity index (χ0) is 11.2. The Bertz CT molecular complexity index is 579. The molecule has 2 aliphatic rings. The Kier molecular flexibility index (Phi) is 1.72. The van der Waals surface area contributed by atoms with Crippen LogP contribution >= 0.6 is 0 Å². The number of nitrogens with zero attached hydrogens (tertiary/aromatic N) is 1. The van der Waals surface area contributed by atoms with Gasteiger partial charge in [-0.15, -0.1) is 0 Å². The van der Waals surface area contributed by atoms with Crippen LogP contribution in [0.4, 0.5) is 11.4 Å². The van der Waals surface area contributed by atoms with Crippen LogP contribution in [0.5, 0.6) is 0 Å². The smallest absolute Gasteiger partial charge is 0.0545 e. The number of rotatable bonds is 0. The molecular formula is C14H13N3. The molecule has 2 unspecified atom stereocenters. The van der Waals surface area contributed by atoms with Crippen molar-refractivity contribution in [3.8, 4) is 0 Å². The summed E-state index contributed by atoms with van der Waals surface area (Å²) in [6.07, 6.45) is 3.84. The van der Waals surface area contributed by atoms with E-state index in [-0.39, 0.29) is 0 Å². The standard InChI is InChI=1S/C14H13N3/c1-2-4-11-9(3-1)14-10-7-15-6-5-12(10)17-13(14)8-16-11/h1-7,13-14,16-17H,8H2. The molecule has 17 heavy (non-hydrogen) atoms. The van der Waals surface area contributed by atoms with Gasteiger partial charge in [-0.3, -0.25) is 4.98 Å². The zero-order valence-corrected chi connectivity index (χ0v) is 9.35. The maximum Gasteiger partial charge on any atom is 0.0545 e. The SMILES string of the molecule is c1ccc2c(c1)NCC1Nc3ccncc3C21. The fraction of sp³-hybridized carbons (Fsp3) is 0.214. The lowest BCUT2D eigenvalue weighted by molar-refractivity contribution is 0.671. The predicted octanol–water partition coefficient (Wildman–Crippen LogP) is 2.43. The lowest BCUT2D eigenvalue weighted by Gasteiger charge is -2.29. The van der Waals surface area contributed by atoms with Gasteiger partial charge in [0.15, 0.2) is 0 Å². The van der Waals surface area contributed by atoms with Crippen LogP contribution in [0.3, 0.4) is 0 Å². The van der Waals surface area contributed by atoms with Gasteiger partial charge >= 0.3 is 0 Å². The maximum absolute atomic E-state index is 4.26. The average Bonchev–Trinajstić information content (AvgIpc) is 2.77. The van der Waals surface area contributed by atoms with Gasteiger partial charge in [-0.25, -0.2) is 0 Å². The van der Waals surface area contributed by atoms with E-state index in [1.807, 2.05) is 12.4 Å². The van der Waals surface area contributed by atoms with Crippen molar-refractivity contribution in [3.05, 3.63) is 53.9 Å². The van der Waals surface area contributed by atoms with Crippen molar-refractivity contribution in [1.29, 1.82) is 0 Å². The van der Waals surface area contributed by atoms with E-state index in [1.165, 1.54) is 22.5 Å². The fourth-order valence-electron chi connectivity index (χ4n) is 2.99. The number of pyridine rings is 1. The second-order valence-corrected chi connectivity index (χ2v) is 4.66. The Labute approximate surface area is 99.9 Å². The molecule has 0 bridgehead atoms. The summed E-state index contributed by atoms with van der Waals surface area (Å²) >= 11 is 0. The van der Waals surface area contributed by atoms with Crippen LogP contribution in [-0.4, -0.2) is 17.6 Å². The molecule has 2 aliphatic heterocycles. The van der Waals surface area contributed by atoms with Crippen molar-refractivity contribution < 1.29 is 0 Å². The quantitative estimate of drug-likeness (QED) is 0.720. The van der Waals surface area contributed by atoms with Gasteiger partial charge in [-0.2, -0.15) is 0 Å². The van der Waals surface area contributed by atoms with Crippen molar-refractivity contribution in [2.24, 2.45) is 0 Å². The summed E-state index contributed by atoms with van der Waals surface area (Å²) in [6, 6.07) is 11.1. The summed E-state index contributed by atoms with van der Waals surface area (Å²) in [6.45, 7) is 0.969. The van der Waals surface area contributed by atoms with Gasteiger partial charge in [-0.1, -0.05) is 18.2 Å². The molecule has 2 N–H and O–H groups in total. The second-order valence-electron chi connectivity index (χ2n) is 4.66. The van der Waals surface area contributed by atoms with Crippen molar-refractivity contribution in [2.75, 3.05) is 17.2 Å². The molecule has 2 aromatic rings. The molecule has 3 heteroatoms. The topological polar surface area (TPSA) is 37.0 Å². The van der Waals surface area contributed by atoms with Gasteiger partial charge in [0, 0.05) is 41.8 Å². The first-order valence-corrected chi connectivity index (χ1v) is 5.97. The van der Waals surface area contributed by atoms with Crippen molar-refractivity contribution >= 4 is 11.4 Å². The molecule has 0 saturated heterocycles. The van der Waals surface area contributed by atoms with Crippen LogP contribution in [-0.2, 0) is 0 Å². The highest BCUT2D eigenvalue weighted by Gasteiger charge is 2.37. The zero-order valence-electron chi connectivity index (χ0n) is 9.35. The number of nitrogens with one attached hydrogen (secondary N) is 2. The molecule has 0 aliphatic carbocycles. The van der Waals surface area contributed by atoms with Gasteiger partial charge in [0.05, 0.1) is 6.04 Å². The summed E-state index contributed by atoms with van der Waals surface area (Å²) in [7, 11) is 0. The van der Waals surface area contributed by atoms with E-state index >= 15 is 0 Å². The molecule has 4 rings (SSSR count). The first-order chi connectivity index (χ1) is 8.43. The van der Waals surface area contributed by atoms with E-state index < -0.39 is 0 Å². The Balaban J connectivity index is 1.92. The largest absolute Gasteiger partial charge is 0.383 e. The first-order valence-electron chi connectivity index (χ1n) is 5.97. The van der Waals surface area contributed by atoms with E-state index in [4.69, 9.17) is 0 Å². The van der Waals surface area contributed by atoms with E-state index in [9.17, 15) is 0 Å². The third-order valence-electron chi connectivity index (χ3n) is 3.74. The molecule has 2 atom stereocenters. The predicted molar refractivity (Wildman–Crippen MR) is 68.4 cm³/mol. The van der Waals surface area contributed by atoms with Crippen LogP contribution in [0, 0.1) is 0 Å². The highest BCUT2D eigenvalue weighted by molar-refractivity contribution is 5.68. The van der Waals surface area contributed by atoms with Gasteiger partial charge < -0.3 is 10.6 Å². The Morgan fingerprint density at radius 3 is 3.00 bits per heavy atom. The molecule has 1 aromatic heterocycles. The number of aromatic nitrogens is 1. The summed E-state index contributed by atoms with van der Waals surface area (Å²) in [4.78, 5) is 4.26. The summed E-state index contributed by atoms with van der Waals surface area (Å²) < 4.78 is 0. The van der Waals surface area contributed by atoms with Gasteiger partial charge in [0.2, 0.25) is 0 Å². The molecule has 0 saturated carbocycles. The van der Waals surface area contributed by atoms with E-state index in [1.54, 1.807) is 0 Å². The number of hydrogen-bond acceptors (Lipinski definition) is 3. The van der Waals surface area contributed by atoms with Gasteiger partial charge in [-0.05, 0) is 17.7 Å². The molecule has 0 fully saturated rings. The number of fused-ring (bicyclic) bond motifs is 5. The van der Waals surface area contributed by atoms with Crippen LogP contribution in [0.2, 0.25) is 0 Å². The summed E-state index contributed by atoms with van der Waals surface area (Å²) in [5.41, 5.74) is 5.19. The van der Waals surface area contributed by atoms with Crippen molar-refractivity contribution in [2.45, 2.75) is 12.0 Å². The molecule has 3 nitrogen and oxygen atoms in total. The number of benzene rings is 1. The Morgan fingerprint density at radius 1 is 1.06 bits per heavy atom. The summed E-state index contributed by atoms with van der Waals surface area (Å²) in [5, 5.41) is 7.06. The second kappa shape index (κ2) is 3.23. The maximum atomic E-state index is 4.26. The number of anilines is 2. The molecule has 0 amide bonds. The molecule has 1 aromatic carbocycles. The van der Waals surface area contributed by atoms with E-state index in [0.717, 1.165) is 6.54 Å². The highest BCUT2D eigenvalue weighted by Crippen LogP contribution is 2.44. The molecular weight excluding hydrogens is 210 g/mol. The lowest BCUT2D eigenvalue weighted by Crippen LogP contribution is -2.34. The molecule has 0 radical (unpaired) electrons. The average molecular weight is 223 g/mol. The van der Waals surface area contributed by atoms with Crippen LogP contribution < -0.4 is 10.6 Å². The lowest BCUT2D eigenvalue weighted by atomic mass is 9.85. The number of para-hydroxylation sites is 1. The Morgan fingerprint density at radius 2 is 2.00 bits per heavy atom. The van der Waals surface area contributed by atoms with Crippen molar-refractivity contribution in [1.82, 2.24) is 4.98 Å². The minimum atomic E-state index is 0.441. The van der Waals surface area contributed by atoms with Crippen LogP contribution in [0.25, 0.3) is 0 Å². The fourth-order valence-corrected chi connectivity index (χ4v) is 2.99. The van der Waals surface area contributed by atoms with E-state index in [2.05, 4.69) is 45.9 Å². The third kappa shape index (κ3) is 1.19. The normalized spacial score (nSPS) is 24.0. The van der Waals surface area contributed by atoms with Crippen molar-refractivity contribution in [3.63, 3.8) is 0 Å². The minimum Gasteiger partial charge on any atom is -0.383 e. The van der Waals surface area contributed by atoms with Crippen LogP contribution in [0.1, 0.15) is 17.0 Å². The van der Waals surface area contributed by atoms with E-state index in [0.29, 0.717) is 12.0 Å². The van der Waals surface area contributed by atoms with Gasteiger partial charge in [0.25, 0.3) is 0 Å². The minimum absolute atomic E-state index is 0.441. The highest BCUT2D eigenvalue weighted by atomic mass is 15.0. The monoisotopic (exact) mass is 223 g/mol.